The number of carbonyl (C=O) groups is 2. The maximum atomic E-state index is 14.0. The normalized spacial score (nSPS) is 16.9. The van der Waals surface area contributed by atoms with Gasteiger partial charge in [0.1, 0.15) is 11.4 Å². The zero-order valence-corrected chi connectivity index (χ0v) is 40.6. The standard InChI is InChI=1S/C59H53B2N3O6/c1-56(2)57(3,4)68-60(67-56)52-44-28-13-9-24-40(44)50(41-25-10-14-29-45(41)52)36-20-17-22-38(34-36)62-54(65)48-32-19-33-49(64-48)55(66)63-39-23-18-21-37(35-39)51-42-26-11-15-30-46(42)53(47-31-16-12-27-43(47)51)61-69-58(5,6)59(7,8)70-61/h9-35H,1-8H3,(H,62,65)(H,63,66). The summed E-state index contributed by atoms with van der Waals surface area (Å²) in [5, 5.41) is 14.4. The molecular weight excluding hydrogens is 868 g/mol. The molecule has 2 saturated heterocycles. The van der Waals surface area contributed by atoms with Crippen molar-refractivity contribution in [3.63, 3.8) is 0 Å². The third kappa shape index (κ3) is 7.65. The van der Waals surface area contributed by atoms with Gasteiger partial charge >= 0.3 is 14.2 Å². The van der Waals surface area contributed by atoms with Crippen LogP contribution >= 0.6 is 0 Å². The fourth-order valence-electron chi connectivity index (χ4n) is 9.96. The highest BCUT2D eigenvalue weighted by Crippen LogP contribution is 2.43. The average Bonchev–Trinajstić information content (AvgIpc) is 3.70. The van der Waals surface area contributed by atoms with E-state index in [4.69, 9.17) is 18.6 Å². The van der Waals surface area contributed by atoms with Gasteiger partial charge in [-0.15, -0.1) is 0 Å². The number of nitrogens with one attached hydrogen (secondary N) is 2. The van der Waals surface area contributed by atoms with Gasteiger partial charge in [-0.2, -0.15) is 0 Å². The summed E-state index contributed by atoms with van der Waals surface area (Å²) in [5.74, 6) is -0.885. The fraction of sp³-hybridized carbons (Fsp3) is 0.203. The minimum absolute atomic E-state index is 0.106. The van der Waals surface area contributed by atoms with E-state index >= 15 is 0 Å². The number of hydrogen-bond donors (Lipinski definition) is 2. The Balaban J connectivity index is 0.868. The number of fused-ring (bicyclic) bond motifs is 4. The summed E-state index contributed by atoms with van der Waals surface area (Å²) in [5.41, 5.74) is 5.26. The molecule has 0 aliphatic carbocycles. The number of nitrogens with zero attached hydrogens (tertiary/aromatic N) is 1. The lowest BCUT2D eigenvalue weighted by atomic mass is 9.71. The molecular formula is C59H53B2N3O6. The molecule has 8 aromatic carbocycles. The van der Waals surface area contributed by atoms with Gasteiger partial charge < -0.3 is 29.3 Å². The monoisotopic (exact) mass is 921 g/mol. The summed E-state index contributed by atoms with van der Waals surface area (Å²) < 4.78 is 26.5. The third-order valence-corrected chi connectivity index (χ3v) is 15.0. The Hall–Kier alpha value is -7.14. The lowest BCUT2D eigenvalue weighted by Gasteiger charge is -2.32. The van der Waals surface area contributed by atoms with Crippen LogP contribution in [0, 0.1) is 0 Å². The molecule has 0 radical (unpaired) electrons. The van der Waals surface area contributed by atoms with Gasteiger partial charge in [-0.05, 0) is 168 Å². The Morgan fingerprint density at radius 3 is 0.986 bits per heavy atom. The first-order valence-corrected chi connectivity index (χ1v) is 23.9. The van der Waals surface area contributed by atoms with Gasteiger partial charge in [0.05, 0.1) is 22.4 Å². The van der Waals surface area contributed by atoms with Crippen LogP contribution in [-0.4, -0.2) is 53.4 Å². The van der Waals surface area contributed by atoms with Crippen LogP contribution in [0.25, 0.3) is 65.3 Å². The lowest BCUT2D eigenvalue weighted by molar-refractivity contribution is 0.00578. The number of anilines is 2. The molecule has 0 saturated carbocycles. The average molecular weight is 922 g/mol. The fourth-order valence-corrected chi connectivity index (χ4v) is 9.96. The highest BCUT2D eigenvalue weighted by atomic mass is 16.7. The number of benzene rings is 8. The summed E-state index contributed by atoms with van der Waals surface area (Å²) in [6.07, 6.45) is 0. The van der Waals surface area contributed by atoms with Crippen LogP contribution in [0.1, 0.15) is 76.4 Å². The first kappa shape index (κ1) is 45.3. The molecule has 2 fully saturated rings. The molecule has 3 heterocycles. The molecule has 0 spiro atoms. The van der Waals surface area contributed by atoms with Crippen LogP contribution in [0.3, 0.4) is 0 Å². The molecule has 9 aromatic rings. The number of rotatable bonds is 8. The maximum Gasteiger partial charge on any atom is 0.496 e. The van der Waals surface area contributed by atoms with Crippen LogP contribution in [0.15, 0.2) is 164 Å². The van der Waals surface area contributed by atoms with Gasteiger partial charge in [0, 0.05) is 11.4 Å². The highest BCUT2D eigenvalue weighted by Gasteiger charge is 2.54. The van der Waals surface area contributed by atoms with Gasteiger partial charge in [-0.1, -0.05) is 127 Å². The third-order valence-electron chi connectivity index (χ3n) is 15.0. The smallest absolute Gasteiger partial charge is 0.399 e. The minimum Gasteiger partial charge on any atom is -0.399 e. The van der Waals surface area contributed by atoms with Gasteiger partial charge in [-0.25, -0.2) is 4.98 Å². The molecule has 11 heteroatoms. The number of aromatic nitrogens is 1. The Bertz CT molecular complexity index is 3230. The molecule has 11 rings (SSSR count). The topological polar surface area (TPSA) is 108 Å². The molecule has 0 atom stereocenters. The first-order valence-electron chi connectivity index (χ1n) is 23.9. The van der Waals surface area contributed by atoms with Crippen molar-refractivity contribution in [2.75, 3.05) is 10.6 Å². The van der Waals surface area contributed by atoms with E-state index in [1.54, 1.807) is 18.2 Å². The molecule has 70 heavy (non-hydrogen) atoms. The first-order chi connectivity index (χ1) is 33.5. The second-order valence-electron chi connectivity index (χ2n) is 20.4. The van der Waals surface area contributed by atoms with Crippen molar-refractivity contribution in [2.24, 2.45) is 0 Å². The Morgan fingerprint density at radius 1 is 0.386 bits per heavy atom. The zero-order chi connectivity index (χ0) is 48.7. The number of hydrogen-bond acceptors (Lipinski definition) is 7. The minimum atomic E-state index is -0.561. The van der Waals surface area contributed by atoms with Gasteiger partial charge in [0.15, 0.2) is 0 Å². The Labute approximate surface area is 408 Å². The quantitative estimate of drug-likeness (QED) is 0.115. The molecule has 9 nitrogen and oxygen atoms in total. The van der Waals surface area contributed by atoms with Crippen LogP contribution in [0.5, 0.6) is 0 Å². The number of amides is 2. The molecule has 346 valence electrons. The highest BCUT2D eigenvalue weighted by molar-refractivity contribution is 6.69. The predicted molar refractivity (Wildman–Crippen MR) is 285 cm³/mol. The van der Waals surface area contributed by atoms with Gasteiger partial charge in [-0.3, -0.25) is 9.59 Å². The van der Waals surface area contributed by atoms with Crippen molar-refractivity contribution in [1.29, 1.82) is 0 Å². The van der Waals surface area contributed by atoms with E-state index in [0.29, 0.717) is 11.4 Å². The predicted octanol–water partition coefficient (Wildman–Crippen LogP) is 12.1. The summed E-state index contributed by atoms with van der Waals surface area (Å²) in [6, 6.07) is 53.8. The van der Waals surface area contributed by atoms with Crippen LogP contribution in [0.2, 0.25) is 0 Å². The second kappa shape index (κ2) is 16.8. The summed E-state index contributed by atoms with van der Waals surface area (Å²) >= 11 is 0. The number of carbonyl (C=O) groups excluding carboxylic acids is 2. The zero-order valence-electron chi connectivity index (χ0n) is 40.6. The van der Waals surface area contributed by atoms with E-state index in [1.807, 2.05) is 84.9 Å². The van der Waals surface area contributed by atoms with Crippen molar-refractivity contribution in [3.8, 4) is 22.3 Å². The van der Waals surface area contributed by atoms with Crippen LogP contribution in [0.4, 0.5) is 11.4 Å². The Kier molecular flexibility index (Phi) is 10.9. The van der Waals surface area contributed by atoms with Crippen molar-refractivity contribution >= 4 is 91.4 Å². The van der Waals surface area contributed by atoms with Gasteiger partial charge in [0.2, 0.25) is 0 Å². The van der Waals surface area contributed by atoms with E-state index in [9.17, 15) is 9.59 Å². The molecule has 0 bridgehead atoms. The van der Waals surface area contributed by atoms with Crippen LogP contribution in [-0.2, 0) is 18.6 Å². The van der Waals surface area contributed by atoms with E-state index in [-0.39, 0.29) is 11.4 Å². The molecule has 1 aromatic heterocycles. The second-order valence-corrected chi connectivity index (χ2v) is 20.4. The van der Waals surface area contributed by atoms with E-state index in [0.717, 1.165) is 76.3 Å². The van der Waals surface area contributed by atoms with Crippen molar-refractivity contribution in [3.05, 3.63) is 175 Å². The largest absolute Gasteiger partial charge is 0.496 e. The molecule has 2 aliphatic heterocycles. The summed E-state index contributed by atoms with van der Waals surface area (Å²) in [6.45, 7) is 16.6. The molecule has 2 amide bonds. The van der Waals surface area contributed by atoms with Crippen molar-refractivity contribution in [2.45, 2.75) is 77.8 Å². The van der Waals surface area contributed by atoms with E-state index in [2.05, 4.69) is 132 Å². The molecule has 2 N–H and O–H groups in total. The SMILES string of the molecule is CC1(C)OB(c2c3ccccc3c(-c3cccc(NC(=O)c4cccc(C(=O)Nc5cccc(-c6c7ccccc7c(B7OC(C)(C)C(C)(C)O7)c7ccccc67)c5)n4)c3)c3ccccc23)OC1(C)C. The van der Waals surface area contributed by atoms with E-state index in [1.165, 1.54) is 0 Å². The lowest BCUT2D eigenvalue weighted by Crippen LogP contribution is -2.41. The Morgan fingerprint density at radius 2 is 0.671 bits per heavy atom. The van der Waals surface area contributed by atoms with Crippen molar-refractivity contribution in [1.82, 2.24) is 4.98 Å². The van der Waals surface area contributed by atoms with Gasteiger partial charge in [0.25, 0.3) is 11.8 Å². The summed E-state index contributed by atoms with van der Waals surface area (Å²) in [4.78, 5) is 32.5. The molecule has 0 unspecified atom stereocenters. The molecule has 2 aliphatic rings. The summed E-state index contributed by atoms with van der Waals surface area (Å²) in [7, 11) is -1.12. The maximum absolute atomic E-state index is 14.0. The van der Waals surface area contributed by atoms with Crippen molar-refractivity contribution < 1.29 is 28.2 Å². The van der Waals surface area contributed by atoms with Crippen LogP contribution < -0.4 is 21.6 Å². The number of pyridine rings is 1. The van der Waals surface area contributed by atoms with E-state index < -0.39 is 48.5 Å².